The van der Waals surface area contributed by atoms with Gasteiger partial charge in [-0.25, -0.2) is 13.8 Å². The monoisotopic (exact) mass is 449 g/mol. The SMILES string of the molecule is Cc1cccc(N(CC(=O)N/N=C\c2ccc(C(C)C)cc2)S(=O)(=O)c2ccccc2)c1. The number of hydrazone groups is 1. The fourth-order valence-electron chi connectivity index (χ4n) is 3.13. The van der Waals surface area contributed by atoms with Gasteiger partial charge >= 0.3 is 0 Å². The Morgan fingerprint density at radius 3 is 2.31 bits per heavy atom. The highest BCUT2D eigenvalue weighted by atomic mass is 32.2. The van der Waals surface area contributed by atoms with Gasteiger partial charge in [-0.15, -0.1) is 0 Å². The predicted octanol–water partition coefficient (Wildman–Crippen LogP) is 4.46. The fourth-order valence-corrected chi connectivity index (χ4v) is 4.56. The van der Waals surface area contributed by atoms with Gasteiger partial charge in [0.15, 0.2) is 0 Å². The molecule has 0 bridgehead atoms. The lowest BCUT2D eigenvalue weighted by atomic mass is 10.0. The smallest absolute Gasteiger partial charge is 0.264 e. The van der Waals surface area contributed by atoms with E-state index in [9.17, 15) is 13.2 Å². The van der Waals surface area contributed by atoms with E-state index in [-0.39, 0.29) is 4.90 Å². The molecule has 32 heavy (non-hydrogen) atoms. The van der Waals surface area contributed by atoms with Crippen LogP contribution < -0.4 is 9.73 Å². The van der Waals surface area contributed by atoms with E-state index in [1.165, 1.54) is 23.9 Å². The molecule has 0 saturated carbocycles. The summed E-state index contributed by atoms with van der Waals surface area (Å²) in [6.45, 7) is 5.70. The van der Waals surface area contributed by atoms with Gasteiger partial charge < -0.3 is 0 Å². The lowest BCUT2D eigenvalue weighted by Crippen LogP contribution is -2.39. The summed E-state index contributed by atoms with van der Waals surface area (Å²) in [5.74, 6) is -0.110. The van der Waals surface area contributed by atoms with Gasteiger partial charge in [-0.1, -0.05) is 68.4 Å². The highest BCUT2D eigenvalue weighted by Gasteiger charge is 2.27. The van der Waals surface area contributed by atoms with E-state index < -0.39 is 22.5 Å². The van der Waals surface area contributed by atoms with Crippen molar-refractivity contribution in [2.24, 2.45) is 5.10 Å². The minimum absolute atomic E-state index is 0.114. The van der Waals surface area contributed by atoms with Gasteiger partial charge in [-0.3, -0.25) is 9.10 Å². The molecular weight excluding hydrogens is 422 g/mol. The number of nitrogens with one attached hydrogen (secondary N) is 1. The lowest BCUT2D eigenvalue weighted by Gasteiger charge is -2.24. The number of carbonyl (C=O) groups is 1. The number of hydrogen-bond acceptors (Lipinski definition) is 4. The summed E-state index contributed by atoms with van der Waals surface area (Å²) in [5, 5.41) is 3.99. The first-order valence-electron chi connectivity index (χ1n) is 10.3. The van der Waals surface area contributed by atoms with Gasteiger partial charge in [0.25, 0.3) is 15.9 Å². The normalized spacial score (nSPS) is 11.6. The van der Waals surface area contributed by atoms with E-state index in [4.69, 9.17) is 0 Å². The van der Waals surface area contributed by atoms with E-state index >= 15 is 0 Å². The Morgan fingerprint density at radius 2 is 1.69 bits per heavy atom. The van der Waals surface area contributed by atoms with Crippen molar-refractivity contribution in [3.63, 3.8) is 0 Å². The molecular formula is C25H27N3O3S. The van der Waals surface area contributed by atoms with E-state index in [1.807, 2.05) is 37.3 Å². The van der Waals surface area contributed by atoms with Crippen LogP contribution in [0.5, 0.6) is 0 Å². The van der Waals surface area contributed by atoms with Crippen LogP contribution >= 0.6 is 0 Å². The summed E-state index contributed by atoms with van der Waals surface area (Å²) in [7, 11) is -3.94. The van der Waals surface area contributed by atoms with Gasteiger partial charge in [-0.2, -0.15) is 5.10 Å². The maximum absolute atomic E-state index is 13.3. The minimum atomic E-state index is -3.94. The number of aryl methyl sites for hydroxylation is 1. The maximum Gasteiger partial charge on any atom is 0.264 e. The second kappa shape index (κ2) is 10.2. The number of carbonyl (C=O) groups excluding carboxylic acids is 1. The Hall–Kier alpha value is -3.45. The first kappa shape index (κ1) is 23.2. The molecule has 1 amide bonds. The molecule has 3 aromatic carbocycles. The van der Waals surface area contributed by atoms with Crippen LogP contribution in [0, 0.1) is 6.92 Å². The highest BCUT2D eigenvalue weighted by molar-refractivity contribution is 7.92. The van der Waals surface area contributed by atoms with Crippen LogP contribution in [0.1, 0.15) is 36.5 Å². The molecule has 0 aromatic heterocycles. The summed E-state index contributed by atoms with van der Waals surface area (Å²) in [6.07, 6.45) is 1.53. The number of anilines is 1. The van der Waals surface area contributed by atoms with Crippen molar-refractivity contribution in [1.82, 2.24) is 5.43 Å². The van der Waals surface area contributed by atoms with Crippen LogP contribution in [-0.2, 0) is 14.8 Å². The first-order chi connectivity index (χ1) is 15.3. The van der Waals surface area contributed by atoms with Crippen LogP contribution in [-0.4, -0.2) is 27.1 Å². The Balaban J connectivity index is 1.78. The van der Waals surface area contributed by atoms with Gasteiger partial charge in [-0.05, 0) is 53.8 Å². The van der Waals surface area contributed by atoms with Crippen molar-refractivity contribution in [1.29, 1.82) is 0 Å². The summed E-state index contributed by atoms with van der Waals surface area (Å²) in [5.41, 5.74) is 5.78. The average molecular weight is 450 g/mol. The zero-order chi connectivity index (χ0) is 23.1. The van der Waals surface area contributed by atoms with Crippen molar-refractivity contribution in [3.05, 3.63) is 95.6 Å². The molecule has 0 heterocycles. The molecule has 3 rings (SSSR count). The van der Waals surface area contributed by atoms with E-state index in [2.05, 4.69) is 24.4 Å². The van der Waals surface area contributed by atoms with Crippen molar-refractivity contribution in [2.45, 2.75) is 31.6 Å². The lowest BCUT2D eigenvalue weighted by molar-refractivity contribution is -0.119. The van der Waals surface area contributed by atoms with Gasteiger partial charge in [0, 0.05) is 0 Å². The molecule has 0 unspecified atom stereocenters. The molecule has 0 aliphatic rings. The summed E-state index contributed by atoms with van der Waals surface area (Å²) in [6, 6.07) is 22.9. The maximum atomic E-state index is 13.3. The first-order valence-corrected chi connectivity index (χ1v) is 11.8. The van der Waals surface area contributed by atoms with Crippen LogP contribution in [0.3, 0.4) is 0 Å². The second-order valence-corrected chi connectivity index (χ2v) is 9.64. The van der Waals surface area contributed by atoms with E-state index in [0.717, 1.165) is 15.4 Å². The molecule has 166 valence electrons. The average Bonchev–Trinajstić information content (AvgIpc) is 2.78. The topological polar surface area (TPSA) is 78.8 Å². The van der Waals surface area contributed by atoms with Crippen molar-refractivity contribution >= 4 is 27.8 Å². The number of benzene rings is 3. The zero-order valence-corrected chi connectivity index (χ0v) is 19.2. The van der Waals surface area contributed by atoms with Crippen LogP contribution in [0.15, 0.2) is 88.9 Å². The summed E-state index contributed by atoms with van der Waals surface area (Å²) < 4.78 is 27.6. The number of hydrogen-bond donors (Lipinski definition) is 1. The Kier molecular flexibility index (Phi) is 7.43. The third kappa shape index (κ3) is 5.82. The number of amides is 1. The van der Waals surface area contributed by atoms with E-state index in [0.29, 0.717) is 11.6 Å². The second-order valence-electron chi connectivity index (χ2n) is 7.78. The fraction of sp³-hybridized carbons (Fsp3) is 0.200. The van der Waals surface area contributed by atoms with Crippen molar-refractivity contribution in [3.8, 4) is 0 Å². The molecule has 7 heteroatoms. The number of sulfonamides is 1. The highest BCUT2D eigenvalue weighted by Crippen LogP contribution is 2.24. The zero-order valence-electron chi connectivity index (χ0n) is 18.4. The third-order valence-corrected chi connectivity index (χ3v) is 6.70. The standard InChI is InChI=1S/C25H27N3O3S/c1-19(2)22-14-12-21(13-15-22)17-26-27-25(29)18-28(23-9-7-8-20(3)16-23)32(30,31)24-10-5-4-6-11-24/h4-17,19H,18H2,1-3H3,(H,27,29)/b26-17-. The summed E-state index contributed by atoms with van der Waals surface area (Å²) >= 11 is 0. The minimum Gasteiger partial charge on any atom is -0.271 e. The van der Waals surface area contributed by atoms with Gasteiger partial charge in [0.1, 0.15) is 6.54 Å². The predicted molar refractivity (Wildman–Crippen MR) is 128 cm³/mol. The molecule has 6 nitrogen and oxygen atoms in total. The quantitative estimate of drug-likeness (QED) is 0.407. The van der Waals surface area contributed by atoms with Gasteiger partial charge in [0.05, 0.1) is 16.8 Å². The Labute approximate surface area is 189 Å². The third-order valence-electron chi connectivity index (χ3n) is 4.91. The molecule has 1 N–H and O–H groups in total. The van der Waals surface area contributed by atoms with Crippen molar-refractivity contribution in [2.75, 3.05) is 10.8 Å². The van der Waals surface area contributed by atoms with Crippen LogP contribution in [0.25, 0.3) is 0 Å². The molecule has 0 atom stereocenters. The molecule has 0 aliphatic heterocycles. The number of nitrogens with zero attached hydrogens (tertiary/aromatic N) is 2. The molecule has 0 spiro atoms. The van der Waals surface area contributed by atoms with Crippen LogP contribution in [0.4, 0.5) is 5.69 Å². The van der Waals surface area contributed by atoms with Crippen LogP contribution in [0.2, 0.25) is 0 Å². The molecule has 0 saturated heterocycles. The van der Waals surface area contributed by atoms with E-state index in [1.54, 1.807) is 36.4 Å². The van der Waals surface area contributed by atoms with Crippen molar-refractivity contribution < 1.29 is 13.2 Å². The molecule has 0 fully saturated rings. The molecule has 0 aliphatic carbocycles. The largest absolute Gasteiger partial charge is 0.271 e. The molecule has 3 aromatic rings. The van der Waals surface area contributed by atoms with Gasteiger partial charge in [0.2, 0.25) is 0 Å². The number of rotatable bonds is 8. The Morgan fingerprint density at radius 1 is 1.00 bits per heavy atom. The molecule has 0 radical (unpaired) electrons. The Bertz CT molecular complexity index is 1190. The summed E-state index contributed by atoms with van der Waals surface area (Å²) in [4.78, 5) is 12.7.